The van der Waals surface area contributed by atoms with Gasteiger partial charge in [-0.3, -0.25) is 14.5 Å². The van der Waals surface area contributed by atoms with Crippen molar-refractivity contribution in [2.75, 3.05) is 46.4 Å². The van der Waals surface area contributed by atoms with Gasteiger partial charge in [-0.05, 0) is 12.1 Å². The van der Waals surface area contributed by atoms with Crippen LogP contribution in [0.4, 0.5) is 0 Å². The maximum Gasteiger partial charge on any atom is 0.234 e. The Morgan fingerprint density at radius 3 is 2.86 bits per heavy atom. The molecule has 0 aromatic heterocycles. The number of ether oxygens (including phenoxy) is 2. The van der Waals surface area contributed by atoms with Crippen molar-refractivity contribution in [1.29, 1.82) is 0 Å². The number of methoxy groups -OCH3 is 1. The van der Waals surface area contributed by atoms with Crippen LogP contribution >= 0.6 is 0 Å². The van der Waals surface area contributed by atoms with Crippen LogP contribution in [0.1, 0.15) is 0 Å². The molecule has 1 saturated heterocycles. The SMILES string of the molecule is COc1ccccc1OCCNC(=O)CN1CCNC(=O)C1. The molecule has 22 heavy (non-hydrogen) atoms. The van der Waals surface area contributed by atoms with E-state index in [4.69, 9.17) is 9.47 Å². The summed E-state index contributed by atoms with van der Waals surface area (Å²) in [4.78, 5) is 24.8. The van der Waals surface area contributed by atoms with E-state index in [-0.39, 0.29) is 24.9 Å². The first-order valence-corrected chi connectivity index (χ1v) is 7.20. The third-order valence-corrected chi connectivity index (χ3v) is 3.24. The van der Waals surface area contributed by atoms with Crippen LogP contribution in [0.15, 0.2) is 24.3 Å². The number of hydrogen-bond donors (Lipinski definition) is 2. The maximum absolute atomic E-state index is 11.8. The standard InChI is InChI=1S/C15H21N3O4/c1-21-12-4-2-3-5-13(12)22-9-7-17-15(20)11-18-8-6-16-14(19)10-18/h2-5H,6-11H2,1H3,(H,16,19)(H,17,20). The molecule has 0 unspecified atom stereocenters. The highest BCUT2D eigenvalue weighted by atomic mass is 16.5. The van der Waals surface area contributed by atoms with Gasteiger partial charge in [0.05, 0.1) is 26.7 Å². The second-order valence-corrected chi connectivity index (χ2v) is 4.91. The molecule has 1 fully saturated rings. The number of benzene rings is 1. The Morgan fingerprint density at radius 2 is 2.14 bits per heavy atom. The van der Waals surface area contributed by atoms with E-state index in [1.165, 1.54) is 0 Å². The predicted octanol–water partition coefficient (Wildman–Crippen LogP) is -0.378. The molecule has 7 nitrogen and oxygen atoms in total. The van der Waals surface area contributed by atoms with Gasteiger partial charge in [0, 0.05) is 13.1 Å². The lowest BCUT2D eigenvalue weighted by Crippen LogP contribution is -2.50. The molecule has 1 heterocycles. The van der Waals surface area contributed by atoms with E-state index in [2.05, 4.69) is 10.6 Å². The molecule has 0 spiro atoms. The van der Waals surface area contributed by atoms with Crippen LogP contribution in [-0.2, 0) is 9.59 Å². The summed E-state index contributed by atoms with van der Waals surface area (Å²) >= 11 is 0. The van der Waals surface area contributed by atoms with Gasteiger partial charge in [0.2, 0.25) is 11.8 Å². The van der Waals surface area contributed by atoms with Crippen molar-refractivity contribution < 1.29 is 19.1 Å². The van der Waals surface area contributed by atoms with Crippen molar-refractivity contribution in [3.05, 3.63) is 24.3 Å². The molecule has 120 valence electrons. The van der Waals surface area contributed by atoms with Gasteiger partial charge in [-0.15, -0.1) is 0 Å². The van der Waals surface area contributed by atoms with Gasteiger partial charge < -0.3 is 20.1 Å². The molecular weight excluding hydrogens is 286 g/mol. The number of carbonyl (C=O) groups excluding carboxylic acids is 2. The topological polar surface area (TPSA) is 79.9 Å². The number of nitrogens with one attached hydrogen (secondary N) is 2. The number of amides is 2. The van der Waals surface area contributed by atoms with E-state index >= 15 is 0 Å². The molecule has 1 aliphatic heterocycles. The van der Waals surface area contributed by atoms with Gasteiger partial charge in [0.15, 0.2) is 11.5 Å². The van der Waals surface area contributed by atoms with E-state index in [0.717, 1.165) is 0 Å². The summed E-state index contributed by atoms with van der Waals surface area (Å²) in [5.74, 6) is 1.15. The number of nitrogens with zero attached hydrogens (tertiary/aromatic N) is 1. The number of para-hydroxylation sites is 2. The van der Waals surface area contributed by atoms with Gasteiger partial charge in [-0.1, -0.05) is 12.1 Å². The van der Waals surface area contributed by atoms with E-state index in [9.17, 15) is 9.59 Å². The van der Waals surface area contributed by atoms with Crippen LogP contribution in [0.5, 0.6) is 11.5 Å². The van der Waals surface area contributed by atoms with Gasteiger partial charge >= 0.3 is 0 Å². The molecule has 0 radical (unpaired) electrons. The monoisotopic (exact) mass is 307 g/mol. The highest BCUT2D eigenvalue weighted by Crippen LogP contribution is 2.25. The maximum atomic E-state index is 11.8. The first-order chi connectivity index (χ1) is 10.7. The van der Waals surface area contributed by atoms with Gasteiger partial charge in [0.25, 0.3) is 0 Å². The van der Waals surface area contributed by atoms with Gasteiger partial charge in [-0.2, -0.15) is 0 Å². The van der Waals surface area contributed by atoms with Crippen LogP contribution in [0, 0.1) is 0 Å². The normalized spacial score (nSPS) is 15.0. The van der Waals surface area contributed by atoms with Crippen LogP contribution in [0.3, 0.4) is 0 Å². The second-order valence-electron chi connectivity index (χ2n) is 4.91. The lowest BCUT2D eigenvalue weighted by atomic mass is 10.3. The quantitative estimate of drug-likeness (QED) is 0.672. The van der Waals surface area contributed by atoms with Crippen molar-refractivity contribution in [3.8, 4) is 11.5 Å². The molecular formula is C15H21N3O4. The van der Waals surface area contributed by atoms with E-state index < -0.39 is 0 Å². The van der Waals surface area contributed by atoms with Crippen LogP contribution in [0.2, 0.25) is 0 Å². The smallest absolute Gasteiger partial charge is 0.234 e. The van der Waals surface area contributed by atoms with Gasteiger partial charge in [0.1, 0.15) is 6.61 Å². The minimum atomic E-state index is -0.113. The van der Waals surface area contributed by atoms with E-state index in [1.54, 1.807) is 7.11 Å². The zero-order chi connectivity index (χ0) is 15.8. The molecule has 1 aromatic rings. The summed E-state index contributed by atoms with van der Waals surface area (Å²) < 4.78 is 10.7. The fourth-order valence-corrected chi connectivity index (χ4v) is 2.17. The molecule has 0 saturated carbocycles. The van der Waals surface area contributed by atoms with Crippen molar-refractivity contribution >= 4 is 11.8 Å². The Bertz CT molecular complexity index is 521. The largest absolute Gasteiger partial charge is 0.493 e. The highest BCUT2D eigenvalue weighted by Gasteiger charge is 2.18. The third-order valence-electron chi connectivity index (χ3n) is 3.24. The first-order valence-electron chi connectivity index (χ1n) is 7.20. The first kappa shape index (κ1) is 16.1. The highest BCUT2D eigenvalue weighted by molar-refractivity contribution is 5.81. The summed E-state index contributed by atoms with van der Waals surface area (Å²) in [6.07, 6.45) is 0. The Morgan fingerprint density at radius 1 is 1.36 bits per heavy atom. The van der Waals surface area contributed by atoms with Crippen molar-refractivity contribution in [2.45, 2.75) is 0 Å². The lowest BCUT2D eigenvalue weighted by Gasteiger charge is -2.25. The van der Waals surface area contributed by atoms with E-state index in [0.29, 0.717) is 37.7 Å². The molecule has 2 N–H and O–H groups in total. The second kappa shape index (κ2) is 8.23. The number of rotatable bonds is 7. The molecule has 7 heteroatoms. The summed E-state index contributed by atoms with van der Waals surface area (Å²) in [5, 5.41) is 5.50. The molecule has 2 rings (SSSR count). The van der Waals surface area contributed by atoms with E-state index in [1.807, 2.05) is 29.2 Å². The fraction of sp³-hybridized carbons (Fsp3) is 0.467. The van der Waals surface area contributed by atoms with Gasteiger partial charge in [-0.25, -0.2) is 0 Å². The summed E-state index contributed by atoms with van der Waals surface area (Å²) in [6.45, 7) is 2.52. The Balaban J connectivity index is 1.65. The molecule has 0 aliphatic carbocycles. The summed E-state index contributed by atoms with van der Waals surface area (Å²) in [6, 6.07) is 7.35. The van der Waals surface area contributed by atoms with Crippen molar-refractivity contribution in [2.24, 2.45) is 0 Å². The number of carbonyl (C=O) groups is 2. The summed E-state index contributed by atoms with van der Waals surface area (Å²) in [7, 11) is 1.58. The zero-order valence-corrected chi connectivity index (χ0v) is 12.6. The molecule has 1 aliphatic rings. The molecule has 1 aromatic carbocycles. The zero-order valence-electron chi connectivity index (χ0n) is 12.6. The van der Waals surface area contributed by atoms with Crippen molar-refractivity contribution in [3.63, 3.8) is 0 Å². The average Bonchev–Trinajstić information content (AvgIpc) is 2.52. The molecule has 2 amide bonds. The molecule has 0 bridgehead atoms. The third kappa shape index (κ3) is 4.92. The minimum absolute atomic E-state index is 0.0430. The minimum Gasteiger partial charge on any atom is -0.493 e. The van der Waals surface area contributed by atoms with Crippen LogP contribution in [-0.4, -0.2) is 63.2 Å². The Kier molecular flexibility index (Phi) is 6.02. The lowest BCUT2D eigenvalue weighted by molar-refractivity contribution is -0.126. The fourth-order valence-electron chi connectivity index (χ4n) is 2.17. The number of piperazine rings is 1. The van der Waals surface area contributed by atoms with Crippen LogP contribution in [0.25, 0.3) is 0 Å². The summed E-state index contributed by atoms with van der Waals surface area (Å²) in [5.41, 5.74) is 0. The molecule has 0 atom stereocenters. The average molecular weight is 307 g/mol. The Labute approximate surface area is 129 Å². The Hall–Kier alpha value is -2.28. The predicted molar refractivity (Wildman–Crippen MR) is 80.9 cm³/mol. The van der Waals surface area contributed by atoms with Crippen LogP contribution < -0.4 is 20.1 Å². The number of hydrogen-bond acceptors (Lipinski definition) is 5. The van der Waals surface area contributed by atoms with Crippen molar-refractivity contribution in [1.82, 2.24) is 15.5 Å².